The molecule has 0 spiro atoms. The summed E-state index contributed by atoms with van der Waals surface area (Å²) in [7, 11) is 1.88. The first-order chi connectivity index (χ1) is 13.4. The minimum absolute atomic E-state index is 0.0469. The molecule has 28 heavy (non-hydrogen) atoms. The van der Waals surface area contributed by atoms with Crippen molar-refractivity contribution in [2.24, 2.45) is 7.05 Å². The van der Waals surface area contributed by atoms with E-state index in [1.165, 1.54) is 16.6 Å². The van der Waals surface area contributed by atoms with Crippen LogP contribution in [0.5, 0.6) is 0 Å². The number of thiophene rings is 1. The fourth-order valence-corrected chi connectivity index (χ4v) is 4.81. The molecule has 1 fully saturated rings. The molecule has 0 radical (unpaired) electrons. The Morgan fingerprint density at radius 1 is 1.39 bits per heavy atom. The minimum Gasteiger partial charge on any atom is -0.322 e. The van der Waals surface area contributed by atoms with E-state index in [-0.39, 0.29) is 11.2 Å². The largest absolute Gasteiger partial charge is 0.322 e. The number of carbonyl (C=O) groups is 1. The van der Waals surface area contributed by atoms with Gasteiger partial charge in [0.05, 0.1) is 22.3 Å². The molecule has 4 rings (SSSR count). The van der Waals surface area contributed by atoms with Gasteiger partial charge in [-0.05, 0) is 45.1 Å². The van der Waals surface area contributed by atoms with Gasteiger partial charge in [-0.3, -0.25) is 9.48 Å². The molecule has 0 saturated heterocycles. The highest BCUT2D eigenvalue weighted by atomic mass is 32.2. The van der Waals surface area contributed by atoms with Crippen LogP contribution in [0.15, 0.2) is 22.7 Å². The maximum absolute atomic E-state index is 12.8. The average molecular weight is 417 g/mol. The normalized spacial score (nSPS) is 15.0. The number of amides is 1. The SMILES string of the molecule is Cc1nn(C)c(C)c1NC(=O)[C@@H](C)Sc1nnc(Cc2cccs2)n1C1CC1. The molecule has 0 bridgehead atoms. The van der Waals surface area contributed by atoms with Crippen molar-refractivity contribution in [3.63, 3.8) is 0 Å². The first-order valence-electron chi connectivity index (χ1n) is 9.38. The van der Waals surface area contributed by atoms with Gasteiger partial charge in [0.25, 0.3) is 0 Å². The molecule has 1 atom stereocenters. The number of carbonyl (C=O) groups excluding carboxylic acids is 1. The van der Waals surface area contributed by atoms with Gasteiger partial charge in [0.15, 0.2) is 5.16 Å². The number of hydrogen-bond donors (Lipinski definition) is 1. The lowest BCUT2D eigenvalue weighted by atomic mass is 10.3. The van der Waals surface area contributed by atoms with Crippen LogP contribution in [0.2, 0.25) is 0 Å². The first-order valence-corrected chi connectivity index (χ1v) is 11.1. The molecule has 1 aliphatic carbocycles. The molecule has 148 valence electrons. The summed E-state index contributed by atoms with van der Waals surface area (Å²) in [6.07, 6.45) is 3.09. The third kappa shape index (κ3) is 3.86. The lowest BCUT2D eigenvalue weighted by Crippen LogP contribution is -2.23. The second-order valence-corrected chi connectivity index (χ2v) is 9.52. The molecular weight excluding hydrogens is 392 g/mol. The van der Waals surface area contributed by atoms with Crippen LogP contribution in [0.4, 0.5) is 5.69 Å². The summed E-state index contributed by atoms with van der Waals surface area (Å²) in [4.78, 5) is 14.0. The Labute approximate surface area is 172 Å². The summed E-state index contributed by atoms with van der Waals surface area (Å²) < 4.78 is 4.01. The van der Waals surface area contributed by atoms with Crippen molar-refractivity contribution in [1.29, 1.82) is 0 Å². The monoisotopic (exact) mass is 416 g/mol. The smallest absolute Gasteiger partial charge is 0.237 e. The van der Waals surface area contributed by atoms with Gasteiger partial charge in [0.2, 0.25) is 5.91 Å². The predicted octanol–water partition coefficient (Wildman–Crippen LogP) is 3.73. The van der Waals surface area contributed by atoms with E-state index >= 15 is 0 Å². The maximum atomic E-state index is 12.8. The molecule has 1 saturated carbocycles. The summed E-state index contributed by atoms with van der Waals surface area (Å²) in [6, 6.07) is 4.64. The van der Waals surface area contributed by atoms with E-state index in [0.29, 0.717) is 6.04 Å². The summed E-state index contributed by atoms with van der Waals surface area (Å²) in [5.41, 5.74) is 2.56. The number of thioether (sulfide) groups is 1. The van der Waals surface area contributed by atoms with Crippen molar-refractivity contribution in [1.82, 2.24) is 24.5 Å². The van der Waals surface area contributed by atoms with Gasteiger partial charge in [0.1, 0.15) is 5.82 Å². The highest BCUT2D eigenvalue weighted by Gasteiger charge is 2.31. The van der Waals surface area contributed by atoms with E-state index in [1.54, 1.807) is 16.0 Å². The van der Waals surface area contributed by atoms with Gasteiger partial charge in [-0.2, -0.15) is 5.10 Å². The topological polar surface area (TPSA) is 77.6 Å². The number of aromatic nitrogens is 5. The first kappa shape index (κ1) is 19.2. The van der Waals surface area contributed by atoms with Crippen LogP contribution in [0.1, 0.15) is 47.9 Å². The van der Waals surface area contributed by atoms with Crippen LogP contribution in [0.3, 0.4) is 0 Å². The van der Waals surface area contributed by atoms with Gasteiger partial charge in [-0.25, -0.2) is 0 Å². The Bertz CT molecular complexity index is 987. The zero-order chi connectivity index (χ0) is 19.8. The summed E-state index contributed by atoms with van der Waals surface area (Å²) in [5, 5.41) is 18.9. The molecule has 0 unspecified atom stereocenters. The number of aryl methyl sites for hydroxylation is 2. The third-order valence-electron chi connectivity index (χ3n) is 4.97. The molecule has 1 aliphatic rings. The van der Waals surface area contributed by atoms with E-state index in [0.717, 1.165) is 47.3 Å². The summed E-state index contributed by atoms with van der Waals surface area (Å²) >= 11 is 3.20. The standard InChI is InChI=1S/C19H24N6OS2/c1-11-17(12(2)24(4)23-11)20-18(26)13(3)28-19-22-21-16(25(19)14-7-8-14)10-15-6-5-9-27-15/h5-6,9,13-14H,7-8,10H2,1-4H3,(H,20,26)/t13-/m1/s1. The predicted molar refractivity (Wildman–Crippen MR) is 112 cm³/mol. The molecule has 7 nitrogen and oxygen atoms in total. The zero-order valence-corrected chi connectivity index (χ0v) is 18.1. The van der Waals surface area contributed by atoms with Crippen molar-refractivity contribution >= 4 is 34.7 Å². The van der Waals surface area contributed by atoms with Crippen molar-refractivity contribution in [3.8, 4) is 0 Å². The molecule has 3 aromatic heterocycles. The third-order valence-corrected chi connectivity index (χ3v) is 6.90. The Morgan fingerprint density at radius 2 is 2.18 bits per heavy atom. The van der Waals surface area contributed by atoms with E-state index in [2.05, 4.69) is 42.7 Å². The fraction of sp³-hybridized carbons (Fsp3) is 0.474. The molecule has 9 heteroatoms. The number of anilines is 1. The molecule has 1 amide bonds. The van der Waals surface area contributed by atoms with Crippen LogP contribution >= 0.6 is 23.1 Å². The lowest BCUT2D eigenvalue weighted by molar-refractivity contribution is -0.115. The van der Waals surface area contributed by atoms with Crippen LogP contribution in [0, 0.1) is 13.8 Å². The minimum atomic E-state index is -0.282. The molecular formula is C19H24N6OS2. The van der Waals surface area contributed by atoms with Gasteiger partial charge in [0, 0.05) is 24.4 Å². The Hall–Kier alpha value is -2.13. The second-order valence-electron chi connectivity index (χ2n) is 7.17. The quantitative estimate of drug-likeness (QED) is 0.594. The van der Waals surface area contributed by atoms with Crippen molar-refractivity contribution in [3.05, 3.63) is 39.6 Å². The Morgan fingerprint density at radius 3 is 2.79 bits per heavy atom. The van der Waals surface area contributed by atoms with Gasteiger partial charge in [-0.1, -0.05) is 17.8 Å². The number of nitrogens with zero attached hydrogens (tertiary/aromatic N) is 5. The Balaban J connectivity index is 1.49. The van der Waals surface area contributed by atoms with Crippen molar-refractivity contribution < 1.29 is 4.79 Å². The van der Waals surface area contributed by atoms with Crippen LogP contribution in [-0.4, -0.2) is 35.7 Å². The Kier molecular flexibility index (Phi) is 5.29. The van der Waals surface area contributed by atoms with E-state index in [9.17, 15) is 4.79 Å². The van der Waals surface area contributed by atoms with Crippen molar-refractivity contribution in [2.45, 2.75) is 56.5 Å². The molecule has 0 aliphatic heterocycles. The molecule has 1 N–H and O–H groups in total. The van der Waals surface area contributed by atoms with Crippen LogP contribution in [0.25, 0.3) is 0 Å². The van der Waals surface area contributed by atoms with Gasteiger partial charge >= 0.3 is 0 Å². The highest BCUT2D eigenvalue weighted by molar-refractivity contribution is 8.00. The van der Waals surface area contributed by atoms with Gasteiger partial charge in [-0.15, -0.1) is 21.5 Å². The van der Waals surface area contributed by atoms with E-state index < -0.39 is 0 Å². The number of nitrogens with one attached hydrogen (secondary N) is 1. The maximum Gasteiger partial charge on any atom is 0.237 e. The van der Waals surface area contributed by atoms with Crippen LogP contribution < -0.4 is 5.32 Å². The summed E-state index contributed by atoms with van der Waals surface area (Å²) in [6.45, 7) is 5.76. The molecule has 3 aromatic rings. The zero-order valence-electron chi connectivity index (χ0n) is 16.5. The van der Waals surface area contributed by atoms with E-state index in [4.69, 9.17) is 0 Å². The number of rotatable bonds is 7. The molecule has 3 heterocycles. The average Bonchev–Trinajstić information content (AvgIpc) is 3.13. The second kappa shape index (κ2) is 7.71. The number of hydrogen-bond acceptors (Lipinski definition) is 6. The van der Waals surface area contributed by atoms with E-state index in [1.807, 2.05) is 27.8 Å². The highest BCUT2D eigenvalue weighted by Crippen LogP contribution is 2.40. The lowest BCUT2D eigenvalue weighted by Gasteiger charge is -2.13. The van der Waals surface area contributed by atoms with Gasteiger partial charge < -0.3 is 9.88 Å². The fourth-order valence-electron chi connectivity index (χ4n) is 3.17. The summed E-state index contributed by atoms with van der Waals surface area (Å²) in [5.74, 6) is 0.938. The molecule has 0 aromatic carbocycles. The van der Waals surface area contributed by atoms with Crippen molar-refractivity contribution in [2.75, 3.05) is 5.32 Å². The van der Waals surface area contributed by atoms with Crippen LogP contribution in [-0.2, 0) is 18.3 Å².